The van der Waals surface area contributed by atoms with E-state index in [1.807, 2.05) is 31.2 Å². The molecule has 1 fully saturated rings. The Hall–Kier alpha value is -2.25. The molecule has 1 saturated heterocycles. The van der Waals surface area contributed by atoms with Gasteiger partial charge in [-0.1, -0.05) is 30.3 Å². The third-order valence-corrected chi connectivity index (χ3v) is 6.63. The summed E-state index contributed by atoms with van der Waals surface area (Å²) in [6, 6.07) is 12.9. The van der Waals surface area contributed by atoms with Gasteiger partial charge >= 0.3 is 0 Å². The minimum Gasteiger partial charge on any atom is -0.326 e. The molecule has 0 saturated carbocycles. The molecule has 0 unspecified atom stereocenters. The summed E-state index contributed by atoms with van der Waals surface area (Å²) in [5.41, 5.74) is 2.24. The Morgan fingerprint density at radius 3 is 2.59 bits per heavy atom. The van der Waals surface area contributed by atoms with Gasteiger partial charge in [-0.25, -0.2) is 17.1 Å². The number of halogens is 1. The van der Waals surface area contributed by atoms with Crippen LogP contribution in [-0.2, 0) is 20.6 Å². The summed E-state index contributed by atoms with van der Waals surface area (Å²) < 4.78 is 39.8. The van der Waals surface area contributed by atoms with E-state index in [4.69, 9.17) is 0 Å². The number of benzene rings is 2. The summed E-state index contributed by atoms with van der Waals surface area (Å²) in [6.07, 6.45) is 1.29. The average molecular weight is 390 g/mol. The molecule has 1 atom stereocenters. The van der Waals surface area contributed by atoms with E-state index in [2.05, 4.69) is 5.32 Å². The van der Waals surface area contributed by atoms with Crippen LogP contribution in [0.4, 0.5) is 10.1 Å². The van der Waals surface area contributed by atoms with E-state index in [0.717, 1.165) is 11.3 Å². The number of amides is 1. The number of hydrogen-bond donors (Lipinski definition) is 1. The standard InChI is InChI=1S/C20H23FN2O3S/c1-15-5-2-3-7-19(15)22-20(24)17-6-4-12-23(13-17)27(25,26)14-16-8-10-18(21)11-9-16/h2-3,5,7-11,17H,4,6,12-14H2,1H3,(H,22,24)/t17-/m0/s1. The van der Waals surface area contributed by atoms with Gasteiger partial charge in [0, 0.05) is 18.8 Å². The normalized spacial score (nSPS) is 18.2. The summed E-state index contributed by atoms with van der Waals surface area (Å²) in [5, 5.41) is 2.91. The zero-order chi connectivity index (χ0) is 19.4. The molecular formula is C20H23FN2O3S. The zero-order valence-electron chi connectivity index (χ0n) is 15.2. The molecule has 27 heavy (non-hydrogen) atoms. The monoisotopic (exact) mass is 390 g/mol. The topological polar surface area (TPSA) is 66.5 Å². The van der Waals surface area contributed by atoms with Crippen LogP contribution in [0, 0.1) is 18.7 Å². The van der Waals surface area contributed by atoms with Crippen molar-refractivity contribution in [2.45, 2.75) is 25.5 Å². The smallest absolute Gasteiger partial charge is 0.228 e. The second-order valence-corrected chi connectivity index (χ2v) is 8.85. The average Bonchev–Trinajstić information content (AvgIpc) is 2.65. The number of rotatable bonds is 5. The van der Waals surface area contributed by atoms with Crippen molar-refractivity contribution in [3.05, 3.63) is 65.5 Å². The van der Waals surface area contributed by atoms with Gasteiger partial charge in [0.1, 0.15) is 5.82 Å². The molecule has 1 amide bonds. The molecule has 2 aromatic carbocycles. The number of anilines is 1. The first-order chi connectivity index (χ1) is 12.8. The van der Waals surface area contributed by atoms with Crippen LogP contribution in [0.15, 0.2) is 48.5 Å². The lowest BCUT2D eigenvalue weighted by Gasteiger charge is -2.31. The maximum Gasteiger partial charge on any atom is 0.228 e. The maximum absolute atomic E-state index is 13.0. The van der Waals surface area contributed by atoms with E-state index in [0.29, 0.717) is 24.9 Å². The van der Waals surface area contributed by atoms with Gasteiger partial charge in [-0.15, -0.1) is 0 Å². The summed E-state index contributed by atoms with van der Waals surface area (Å²) in [5.74, 6) is -1.14. The molecule has 0 aliphatic carbocycles. The molecule has 7 heteroatoms. The van der Waals surface area contributed by atoms with E-state index in [1.54, 1.807) is 0 Å². The second kappa shape index (κ2) is 8.19. The van der Waals surface area contributed by atoms with Gasteiger partial charge in [0.2, 0.25) is 15.9 Å². The molecule has 0 bridgehead atoms. The minimum absolute atomic E-state index is 0.161. The lowest BCUT2D eigenvalue weighted by molar-refractivity contribution is -0.120. The van der Waals surface area contributed by atoms with Crippen molar-refractivity contribution < 1.29 is 17.6 Å². The van der Waals surface area contributed by atoms with Crippen LogP contribution in [0.2, 0.25) is 0 Å². The van der Waals surface area contributed by atoms with E-state index in [9.17, 15) is 17.6 Å². The molecule has 1 aliphatic rings. The highest BCUT2D eigenvalue weighted by Gasteiger charge is 2.32. The fraction of sp³-hybridized carbons (Fsp3) is 0.350. The van der Waals surface area contributed by atoms with E-state index < -0.39 is 15.8 Å². The first kappa shape index (κ1) is 19.5. The Kier molecular flexibility index (Phi) is 5.92. The van der Waals surface area contributed by atoms with Crippen molar-refractivity contribution in [3.8, 4) is 0 Å². The van der Waals surface area contributed by atoms with Crippen molar-refractivity contribution in [1.82, 2.24) is 4.31 Å². The summed E-state index contributed by atoms with van der Waals surface area (Å²) in [6.45, 7) is 2.48. The molecule has 1 aliphatic heterocycles. The van der Waals surface area contributed by atoms with Crippen molar-refractivity contribution in [2.24, 2.45) is 5.92 Å². The second-order valence-electron chi connectivity index (χ2n) is 6.88. The highest BCUT2D eigenvalue weighted by atomic mass is 32.2. The van der Waals surface area contributed by atoms with Crippen LogP contribution in [-0.4, -0.2) is 31.7 Å². The highest BCUT2D eigenvalue weighted by Crippen LogP contribution is 2.23. The molecule has 144 valence electrons. The van der Waals surface area contributed by atoms with Gasteiger partial charge in [-0.05, 0) is 49.1 Å². The van der Waals surface area contributed by atoms with Crippen molar-refractivity contribution in [2.75, 3.05) is 18.4 Å². The van der Waals surface area contributed by atoms with Gasteiger partial charge in [0.25, 0.3) is 0 Å². The number of hydrogen-bond acceptors (Lipinski definition) is 3. The molecule has 0 aromatic heterocycles. The van der Waals surface area contributed by atoms with Gasteiger partial charge in [0.15, 0.2) is 0 Å². The third-order valence-electron chi connectivity index (χ3n) is 4.81. The number of nitrogens with zero attached hydrogens (tertiary/aromatic N) is 1. The molecule has 2 aromatic rings. The largest absolute Gasteiger partial charge is 0.326 e. The fourth-order valence-corrected chi connectivity index (χ4v) is 4.85. The van der Waals surface area contributed by atoms with Gasteiger partial charge in [0.05, 0.1) is 11.7 Å². The molecule has 3 rings (SSSR count). The van der Waals surface area contributed by atoms with Crippen molar-refractivity contribution in [1.29, 1.82) is 0 Å². The van der Waals surface area contributed by atoms with Crippen LogP contribution in [0.25, 0.3) is 0 Å². The fourth-order valence-electron chi connectivity index (χ4n) is 3.24. The predicted octanol–water partition coefficient (Wildman–Crippen LogP) is 3.31. The van der Waals surface area contributed by atoms with Gasteiger partial charge in [-0.3, -0.25) is 4.79 Å². The zero-order valence-corrected chi connectivity index (χ0v) is 16.0. The Balaban J connectivity index is 1.66. The molecule has 1 N–H and O–H groups in total. The Morgan fingerprint density at radius 1 is 1.19 bits per heavy atom. The number of piperidine rings is 1. The first-order valence-corrected chi connectivity index (χ1v) is 10.5. The van der Waals surface area contributed by atoms with Crippen LogP contribution >= 0.6 is 0 Å². The molecular weight excluding hydrogens is 367 g/mol. The van der Waals surface area contributed by atoms with E-state index >= 15 is 0 Å². The Bertz CT molecular complexity index is 913. The minimum atomic E-state index is -3.57. The first-order valence-electron chi connectivity index (χ1n) is 8.94. The molecule has 0 radical (unpaired) electrons. The summed E-state index contributed by atoms with van der Waals surface area (Å²) in [4.78, 5) is 12.6. The van der Waals surface area contributed by atoms with Gasteiger partial charge < -0.3 is 5.32 Å². The van der Waals surface area contributed by atoms with Crippen LogP contribution in [0.1, 0.15) is 24.0 Å². The summed E-state index contributed by atoms with van der Waals surface area (Å²) in [7, 11) is -3.57. The van der Waals surface area contributed by atoms with E-state index in [1.165, 1.54) is 28.6 Å². The van der Waals surface area contributed by atoms with E-state index in [-0.39, 0.29) is 24.1 Å². The van der Waals surface area contributed by atoms with Crippen LogP contribution in [0.3, 0.4) is 0 Å². The number of carbonyl (C=O) groups is 1. The van der Waals surface area contributed by atoms with Crippen LogP contribution < -0.4 is 5.32 Å². The third kappa shape index (κ3) is 4.93. The van der Waals surface area contributed by atoms with Crippen molar-refractivity contribution in [3.63, 3.8) is 0 Å². The quantitative estimate of drug-likeness (QED) is 0.852. The highest BCUT2D eigenvalue weighted by molar-refractivity contribution is 7.88. The lowest BCUT2D eigenvalue weighted by Crippen LogP contribution is -2.44. The Morgan fingerprint density at radius 2 is 1.89 bits per heavy atom. The number of nitrogens with one attached hydrogen (secondary N) is 1. The number of para-hydroxylation sites is 1. The molecule has 5 nitrogen and oxygen atoms in total. The number of aryl methyl sites for hydroxylation is 1. The van der Waals surface area contributed by atoms with Crippen LogP contribution in [0.5, 0.6) is 0 Å². The number of sulfonamides is 1. The number of carbonyl (C=O) groups excluding carboxylic acids is 1. The molecule has 0 spiro atoms. The Labute approximate surface area is 159 Å². The molecule has 1 heterocycles. The lowest BCUT2D eigenvalue weighted by atomic mass is 9.98. The van der Waals surface area contributed by atoms with Gasteiger partial charge in [-0.2, -0.15) is 0 Å². The predicted molar refractivity (Wildman–Crippen MR) is 103 cm³/mol. The maximum atomic E-state index is 13.0. The summed E-state index contributed by atoms with van der Waals surface area (Å²) >= 11 is 0. The SMILES string of the molecule is Cc1ccccc1NC(=O)[C@H]1CCCN(S(=O)(=O)Cc2ccc(F)cc2)C1. The van der Waals surface area contributed by atoms with Crippen molar-refractivity contribution >= 4 is 21.6 Å².